The molecular formula is C17H19NO4S. The number of hydrogen-bond acceptors (Lipinski definition) is 6. The molecule has 0 fully saturated rings. The second kappa shape index (κ2) is 8.19. The van der Waals surface area contributed by atoms with Crippen molar-refractivity contribution in [3.8, 4) is 11.5 Å². The normalized spacial score (nSPS) is 17.7. The van der Waals surface area contributed by atoms with Crippen molar-refractivity contribution < 1.29 is 19.3 Å². The SMILES string of the molecule is OC(COCC1COc2ccccc2O1)CSc1ccccn1. The van der Waals surface area contributed by atoms with E-state index in [2.05, 4.69) is 4.98 Å². The maximum absolute atomic E-state index is 9.95. The highest BCUT2D eigenvalue weighted by atomic mass is 32.2. The molecule has 1 aromatic heterocycles. The van der Waals surface area contributed by atoms with Gasteiger partial charge in [-0.05, 0) is 24.3 Å². The molecule has 3 rings (SSSR count). The van der Waals surface area contributed by atoms with Crippen LogP contribution in [-0.2, 0) is 4.74 Å². The van der Waals surface area contributed by atoms with Gasteiger partial charge >= 0.3 is 0 Å². The van der Waals surface area contributed by atoms with Gasteiger partial charge in [0, 0.05) is 11.9 Å². The summed E-state index contributed by atoms with van der Waals surface area (Å²) >= 11 is 1.51. The molecule has 2 atom stereocenters. The quantitative estimate of drug-likeness (QED) is 0.785. The molecule has 122 valence electrons. The third-order valence-corrected chi connectivity index (χ3v) is 4.33. The third kappa shape index (κ3) is 4.86. The Morgan fingerprint density at radius 1 is 1.22 bits per heavy atom. The lowest BCUT2D eigenvalue weighted by molar-refractivity contribution is -0.0166. The number of aliphatic hydroxyl groups is 1. The standard InChI is InChI=1S/C17H19NO4S/c19-13(12-23-17-7-3-4-8-18-17)9-20-10-14-11-21-15-5-1-2-6-16(15)22-14/h1-8,13-14,19H,9-12H2. The van der Waals surface area contributed by atoms with Crippen LogP contribution < -0.4 is 9.47 Å². The highest BCUT2D eigenvalue weighted by molar-refractivity contribution is 7.99. The number of ether oxygens (including phenoxy) is 3. The average Bonchev–Trinajstić information content (AvgIpc) is 2.61. The molecule has 0 saturated heterocycles. The molecule has 2 aromatic rings. The minimum Gasteiger partial charge on any atom is -0.486 e. The van der Waals surface area contributed by atoms with Gasteiger partial charge in [0.15, 0.2) is 17.6 Å². The molecule has 0 radical (unpaired) electrons. The van der Waals surface area contributed by atoms with Crippen LogP contribution in [-0.4, -0.2) is 47.9 Å². The number of para-hydroxylation sites is 2. The van der Waals surface area contributed by atoms with E-state index in [4.69, 9.17) is 14.2 Å². The molecule has 0 saturated carbocycles. The molecule has 1 aromatic carbocycles. The number of aliphatic hydroxyl groups excluding tert-OH is 1. The van der Waals surface area contributed by atoms with Gasteiger partial charge in [-0.3, -0.25) is 0 Å². The summed E-state index contributed by atoms with van der Waals surface area (Å²) in [6.07, 6.45) is 1.04. The molecule has 5 nitrogen and oxygen atoms in total. The minimum atomic E-state index is -0.543. The number of pyridine rings is 1. The summed E-state index contributed by atoms with van der Waals surface area (Å²) in [5.74, 6) is 2.04. The van der Waals surface area contributed by atoms with Crippen molar-refractivity contribution >= 4 is 11.8 Å². The van der Waals surface area contributed by atoms with Gasteiger partial charge in [0.05, 0.1) is 24.3 Å². The second-order valence-corrected chi connectivity index (χ2v) is 6.21. The van der Waals surface area contributed by atoms with Crippen molar-refractivity contribution in [3.05, 3.63) is 48.7 Å². The zero-order valence-electron chi connectivity index (χ0n) is 12.6. The first kappa shape index (κ1) is 16.1. The number of hydrogen-bond donors (Lipinski definition) is 1. The fourth-order valence-corrected chi connectivity index (χ4v) is 2.91. The first-order valence-electron chi connectivity index (χ1n) is 7.49. The van der Waals surface area contributed by atoms with Gasteiger partial charge in [-0.2, -0.15) is 0 Å². The summed E-state index contributed by atoms with van der Waals surface area (Å²) in [7, 11) is 0. The first-order valence-corrected chi connectivity index (χ1v) is 8.48. The van der Waals surface area contributed by atoms with Crippen LogP contribution in [0.2, 0.25) is 0 Å². The number of benzene rings is 1. The first-order chi connectivity index (χ1) is 11.3. The van der Waals surface area contributed by atoms with E-state index < -0.39 is 6.10 Å². The highest BCUT2D eigenvalue weighted by Gasteiger charge is 2.21. The van der Waals surface area contributed by atoms with Gasteiger partial charge in [-0.1, -0.05) is 18.2 Å². The van der Waals surface area contributed by atoms with Gasteiger partial charge in [0.25, 0.3) is 0 Å². The lowest BCUT2D eigenvalue weighted by atomic mass is 10.3. The smallest absolute Gasteiger partial charge is 0.161 e. The van der Waals surface area contributed by atoms with E-state index in [0.717, 1.165) is 16.5 Å². The number of thioether (sulfide) groups is 1. The van der Waals surface area contributed by atoms with Crippen LogP contribution in [0.15, 0.2) is 53.7 Å². The molecule has 1 N–H and O–H groups in total. The Morgan fingerprint density at radius 3 is 2.87 bits per heavy atom. The van der Waals surface area contributed by atoms with Crippen molar-refractivity contribution in [2.75, 3.05) is 25.6 Å². The minimum absolute atomic E-state index is 0.152. The Morgan fingerprint density at radius 2 is 2.04 bits per heavy atom. The Labute approximate surface area is 139 Å². The average molecular weight is 333 g/mol. The van der Waals surface area contributed by atoms with Gasteiger partial charge in [-0.25, -0.2) is 4.98 Å². The summed E-state index contributed by atoms with van der Waals surface area (Å²) in [4.78, 5) is 4.20. The van der Waals surface area contributed by atoms with Crippen molar-refractivity contribution in [3.63, 3.8) is 0 Å². The lowest BCUT2D eigenvalue weighted by Crippen LogP contribution is -2.34. The van der Waals surface area contributed by atoms with Gasteiger partial charge in [0.1, 0.15) is 6.61 Å². The number of fused-ring (bicyclic) bond motifs is 1. The molecule has 0 spiro atoms. The predicted octanol–water partition coefficient (Wildman–Crippen LogP) is 2.39. The number of rotatable bonds is 7. The molecule has 1 aliphatic rings. The predicted molar refractivity (Wildman–Crippen MR) is 88.1 cm³/mol. The topological polar surface area (TPSA) is 60.8 Å². The summed E-state index contributed by atoms with van der Waals surface area (Å²) in [6.45, 7) is 1.11. The molecule has 23 heavy (non-hydrogen) atoms. The molecule has 0 bridgehead atoms. The molecule has 0 amide bonds. The van der Waals surface area contributed by atoms with Crippen molar-refractivity contribution in [2.24, 2.45) is 0 Å². The highest BCUT2D eigenvalue weighted by Crippen LogP contribution is 2.30. The summed E-state index contributed by atoms with van der Waals surface area (Å²) < 4.78 is 17.0. The Bertz CT molecular complexity index is 611. The van der Waals surface area contributed by atoms with Crippen LogP contribution >= 0.6 is 11.8 Å². The number of aromatic nitrogens is 1. The third-order valence-electron chi connectivity index (χ3n) is 3.24. The lowest BCUT2D eigenvalue weighted by Gasteiger charge is -2.26. The number of nitrogens with zero attached hydrogens (tertiary/aromatic N) is 1. The van der Waals surface area contributed by atoms with Crippen LogP contribution in [0, 0.1) is 0 Å². The van der Waals surface area contributed by atoms with E-state index >= 15 is 0 Å². The molecule has 6 heteroatoms. The van der Waals surface area contributed by atoms with Crippen molar-refractivity contribution in [1.29, 1.82) is 0 Å². The van der Waals surface area contributed by atoms with Crippen LogP contribution in [0.5, 0.6) is 11.5 Å². The molecule has 2 unspecified atom stereocenters. The van der Waals surface area contributed by atoms with Gasteiger partial charge in [-0.15, -0.1) is 11.8 Å². The second-order valence-electron chi connectivity index (χ2n) is 5.17. The molecule has 2 heterocycles. The van der Waals surface area contributed by atoms with Gasteiger partial charge < -0.3 is 19.3 Å². The summed E-state index contributed by atoms with van der Waals surface area (Å²) in [6, 6.07) is 13.3. The van der Waals surface area contributed by atoms with Crippen LogP contribution in [0.1, 0.15) is 0 Å². The van der Waals surface area contributed by atoms with Crippen LogP contribution in [0.3, 0.4) is 0 Å². The van der Waals surface area contributed by atoms with E-state index in [1.54, 1.807) is 6.20 Å². The van der Waals surface area contributed by atoms with Crippen molar-refractivity contribution in [1.82, 2.24) is 4.98 Å². The zero-order chi connectivity index (χ0) is 15.9. The van der Waals surface area contributed by atoms with E-state index in [1.807, 2.05) is 42.5 Å². The molecule has 1 aliphatic heterocycles. The Kier molecular flexibility index (Phi) is 5.74. The summed E-state index contributed by atoms with van der Waals surface area (Å²) in [5, 5.41) is 10.8. The zero-order valence-corrected chi connectivity index (χ0v) is 13.4. The Hall–Kier alpha value is -1.76. The Balaban J connectivity index is 1.35. The van der Waals surface area contributed by atoms with Crippen LogP contribution in [0.4, 0.5) is 0 Å². The fourth-order valence-electron chi connectivity index (χ4n) is 2.14. The van der Waals surface area contributed by atoms with Gasteiger partial charge in [0.2, 0.25) is 0 Å². The molecule has 0 aliphatic carbocycles. The summed E-state index contributed by atoms with van der Waals surface area (Å²) in [5.41, 5.74) is 0. The maximum atomic E-state index is 9.95. The fraction of sp³-hybridized carbons (Fsp3) is 0.353. The maximum Gasteiger partial charge on any atom is 0.161 e. The van der Waals surface area contributed by atoms with E-state index in [1.165, 1.54) is 11.8 Å². The van der Waals surface area contributed by atoms with Crippen molar-refractivity contribution in [2.45, 2.75) is 17.2 Å². The van der Waals surface area contributed by atoms with E-state index in [0.29, 0.717) is 19.0 Å². The largest absolute Gasteiger partial charge is 0.486 e. The van der Waals surface area contributed by atoms with E-state index in [9.17, 15) is 5.11 Å². The van der Waals surface area contributed by atoms with Crippen LogP contribution in [0.25, 0.3) is 0 Å². The monoisotopic (exact) mass is 333 g/mol. The van der Waals surface area contributed by atoms with E-state index in [-0.39, 0.29) is 12.7 Å². The molecular weight excluding hydrogens is 314 g/mol.